The Bertz CT molecular complexity index is 655. The number of nitrogens with one attached hydrogen (secondary N) is 1. The van der Waals surface area contributed by atoms with Crippen LogP contribution in [-0.4, -0.2) is 68.6 Å². The maximum absolute atomic E-state index is 9.60. The third kappa shape index (κ3) is 7.02. The van der Waals surface area contributed by atoms with E-state index in [0.717, 1.165) is 38.4 Å². The average molecular weight is 558 g/mol. The minimum atomic E-state index is -0.203. The number of piperidine rings is 1. The normalized spacial score (nSPS) is 19.3. The lowest BCUT2D eigenvalue weighted by Gasteiger charge is -2.39. The second-order valence-corrected chi connectivity index (χ2v) is 8.54. The van der Waals surface area contributed by atoms with Gasteiger partial charge in [0, 0.05) is 29.7 Å². The van der Waals surface area contributed by atoms with Gasteiger partial charge in [-0.05, 0) is 43.9 Å². The molecule has 2 aliphatic rings. The Morgan fingerprint density at radius 2 is 1.93 bits per heavy atom. The van der Waals surface area contributed by atoms with Crippen LogP contribution >= 0.6 is 47.2 Å². The first kappa shape index (κ1) is 24.8. The molecule has 0 unspecified atom stereocenters. The summed E-state index contributed by atoms with van der Waals surface area (Å²) in [5.74, 6) is 2.12. The fourth-order valence-corrected chi connectivity index (χ4v) is 3.94. The lowest BCUT2D eigenvalue weighted by molar-refractivity contribution is -0.130. The number of likely N-dealkylation sites (tertiary alicyclic amines) is 1. The van der Waals surface area contributed by atoms with Crippen LogP contribution < -0.4 is 10.1 Å². The fraction of sp³-hybridized carbons (Fsp3) is 0.650. The molecule has 2 fully saturated rings. The van der Waals surface area contributed by atoms with Crippen molar-refractivity contribution in [3.05, 3.63) is 28.2 Å². The van der Waals surface area contributed by atoms with Crippen LogP contribution in [0.15, 0.2) is 23.2 Å². The molecule has 0 saturated carbocycles. The standard InChI is InChI=1S/C20H29Cl2N3O3.HI/c1-2-23-19(24-11-20(12-26)13-27-14-20)25-5-3-15(4-6-25)10-28-18-8-16(21)7-17(22)9-18;/h7-9,15,26H,2-6,10-14H2,1H3,(H,23,24);1H. The van der Waals surface area contributed by atoms with Gasteiger partial charge in [0.15, 0.2) is 5.96 Å². The average Bonchev–Trinajstić information content (AvgIpc) is 2.65. The first-order chi connectivity index (χ1) is 13.5. The first-order valence-corrected chi connectivity index (χ1v) is 10.6. The molecular formula is C20H30Cl2IN3O3. The number of rotatable bonds is 7. The van der Waals surface area contributed by atoms with Crippen LogP contribution in [0.1, 0.15) is 19.8 Å². The van der Waals surface area contributed by atoms with Crippen LogP contribution in [0.2, 0.25) is 10.0 Å². The van der Waals surface area contributed by atoms with Crippen molar-refractivity contribution in [1.82, 2.24) is 10.2 Å². The van der Waals surface area contributed by atoms with Crippen LogP contribution in [-0.2, 0) is 4.74 Å². The predicted octanol–water partition coefficient (Wildman–Crippen LogP) is 3.68. The highest BCUT2D eigenvalue weighted by Crippen LogP contribution is 2.28. The third-order valence-corrected chi connectivity index (χ3v) is 5.72. The number of benzene rings is 1. The van der Waals surface area contributed by atoms with Crippen molar-refractivity contribution in [1.29, 1.82) is 0 Å². The molecule has 0 spiro atoms. The van der Waals surface area contributed by atoms with Gasteiger partial charge in [-0.1, -0.05) is 23.2 Å². The van der Waals surface area contributed by atoms with Crippen molar-refractivity contribution >= 4 is 53.1 Å². The number of aliphatic imine (C=N–C) groups is 1. The van der Waals surface area contributed by atoms with E-state index in [4.69, 9.17) is 37.7 Å². The molecule has 0 bridgehead atoms. The zero-order chi connectivity index (χ0) is 20.0. The van der Waals surface area contributed by atoms with Gasteiger partial charge in [0.25, 0.3) is 0 Å². The minimum absolute atomic E-state index is 0. The largest absolute Gasteiger partial charge is 0.493 e. The number of hydrogen-bond acceptors (Lipinski definition) is 4. The fourth-order valence-electron chi connectivity index (χ4n) is 3.43. The van der Waals surface area contributed by atoms with E-state index in [2.05, 4.69) is 17.1 Å². The molecule has 2 heterocycles. The summed E-state index contributed by atoms with van der Waals surface area (Å²) in [5, 5.41) is 14.1. The molecule has 0 amide bonds. The number of halogens is 3. The minimum Gasteiger partial charge on any atom is -0.493 e. The highest BCUT2D eigenvalue weighted by molar-refractivity contribution is 14.0. The van der Waals surface area contributed by atoms with E-state index in [1.807, 2.05) is 0 Å². The molecule has 1 aromatic rings. The van der Waals surface area contributed by atoms with E-state index in [-0.39, 0.29) is 36.0 Å². The van der Waals surface area contributed by atoms with Crippen molar-refractivity contribution in [2.24, 2.45) is 16.3 Å². The van der Waals surface area contributed by atoms with Crippen LogP contribution in [0.4, 0.5) is 0 Å². The van der Waals surface area contributed by atoms with E-state index in [9.17, 15) is 5.11 Å². The molecule has 2 aliphatic heterocycles. The summed E-state index contributed by atoms with van der Waals surface area (Å²) in [4.78, 5) is 7.06. The molecule has 0 aliphatic carbocycles. The van der Waals surface area contributed by atoms with Gasteiger partial charge in [0.05, 0.1) is 38.4 Å². The van der Waals surface area contributed by atoms with Crippen molar-refractivity contribution in [3.8, 4) is 5.75 Å². The van der Waals surface area contributed by atoms with Crippen molar-refractivity contribution < 1.29 is 14.6 Å². The summed E-state index contributed by atoms with van der Waals surface area (Å²) in [6.45, 7) is 7.27. The highest BCUT2D eigenvalue weighted by atomic mass is 127. The van der Waals surface area contributed by atoms with Crippen molar-refractivity contribution in [2.75, 3.05) is 52.6 Å². The summed E-state index contributed by atoms with van der Waals surface area (Å²) < 4.78 is 11.2. The van der Waals surface area contributed by atoms with E-state index >= 15 is 0 Å². The lowest BCUT2D eigenvalue weighted by atomic mass is 9.87. The van der Waals surface area contributed by atoms with Crippen LogP contribution in [0.3, 0.4) is 0 Å². The Morgan fingerprint density at radius 1 is 1.28 bits per heavy atom. The molecule has 164 valence electrons. The Morgan fingerprint density at radius 3 is 2.45 bits per heavy atom. The maximum Gasteiger partial charge on any atom is 0.193 e. The van der Waals surface area contributed by atoms with Crippen molar-refractivity contribution in [2.45, 2.75) is 19.8 Å². The Balaban J connectivity index is 0.00000300. The van der Waals surface area contributed by atoms with Gasteiger partial charge in [-0.15, -0.1) is 24.0 Å². The molecule has 2 N–H and O–H groups in total. The topological polar surface area (TPSA) is 66.3 Å². The van der Waals surface area contributed by atoms with Gasteiger partial charge >= 0.3 is 0 Å². The lowest BCUT2D eigenvalue weighted by Crippen LogP contribution is -2.50. The van der Waals surface area contributed by atoms with E-state index in [1.165, 1.54) is 0 Å². The quantitative estimate of drug-likeness (QED) is 0.304. The van der Waals surface area contributed by atoms with E-state index in [0.29, 0.717) is 48.1 Å². The molecule has 1 aromatic carbocycles. The van der Waals surface area contributed by atoms with Crippen LogP contribution in [0, 0.1) is 11.3 Å². The molecule has 0 aromatic heterocycles. The summed E-state index contributed by atoms with van der Waals surface area (Å²) in [7, 11) is 0. The number of guanidine groups is 1. The maximum atomic E-state index is 9.60. The zero-order valence-corrected chi connectivity index (χ0v) is 20.5. The third-order valence-electron chi connectivity index (χ3n) is 5.29. The Hall–Kier alpha value is -0.480. The van der Waals surface area contributed by atoms with Gasteiger partial charge in [0.2, 0.25) is 0 Å². The van der Waals surface area contributed by atoms with Gasteiger partial charge in [-0.2, -0.15) is 0 Å². The number of hydrogen-bond donors (Lipinski definition) is 2. The van der Waals surface area contributed by atoms with E-state index < -0.39 is 0 Å². The molecule has 6 nitrogen and oxygen atoms in total. The van der Waals surface area contributed by atoms with Gasteiger partial charge in [0.1, 0.15) is 5.75 Å². The molecule has 0 atom stereocenters. The molecule has 29 heavy (non-hydrogen) atoms. The molecule has 2 saturated heterocycles. The van der Waals surface area contributed by atoms with Gasteiger partial charge in [-0.3, -0.25) is 4.99 Å². The summed E-state index contributed by atoms with van der Waals surface area (Å²) in [5.41, 5.74) is -0.203. The first-order valence-electron chi connectivity index (χ1n) is 9.84. The SMILES string of the molecule is CCNC(=NCC1(CO)COC1)N1CCC(COc2cc(Cl)cc(Cl)c2)CC1.I. The monoisotopic (exact) mass is 557 g/mol. The molecule has 9 heteroatoms. The zero-order valence-electron chi connectivity index (χ0n) is 16.7. The van der Waals surface area contributed by atoms with Crippen molar-refractivity contribution in [3.63, 3.8) is 0 Å². The van der Waals surface area contributed by atoms with E-state index in [1.54, 1.807) is 18.2 Å². The molecule has 3 rings (SSSR count). The smallest absolute Gasteiger partial charge is 0.193 e. The summed E-state index contributed by atoms with van der Waals surface area (Å²) in [6.07, 6.45) is 2.07. The number of aliphatic hydroxyl groups is 1. The highest BCUT2D eigenvalue weighted by Gasteiger charge is 2.38. The summed E-state index contributed by atoms with van der Waals surface area (Å²) in [6, 6.07) is 5.28. The van der Waals surface area contributed by atoms with Crippen LogP contribution in [0.5, 0.6) is 5.75 Å². The molecule has 0 radical (unpaired) electrons. The second kappa shape index (κ2) is 11.8. The summed E-state index contributed by atoms with van der Waals surface area (Å²) >= 11 is 12.1. The van der Waals surface area contributed by atoms with Gasteiger partial charge in [-0.25, -0.2) is 0 Å². The predicted molar refractivity (Wildman–Crippen MR) is 128 cm³/mol. The number of aliphatic hydroxyl groups excluding tert-OH is 1. The number of nitrogens with zero attached hydrogens (tertiary/aromatic N) is 2. The molecular weight excluding hydrogens is 528 g/mol. The Kier molecular flexibility index (Phi) is 10.1. The number of ether oxygens (including phenoxy) is 2. The van der Waals surface area contributed by atoms with Gasteiger partial charge < -0.3 is 24.8 Å². The second-order valence-electron chi connectivity index (χ2n) is 7.67. The Labute approximate surface area is 200 Å². The van der Waals surface area contributed by atoms with Crippen LogP contribution in [0.25, 0.3) is 0 Å².